The van der Waals surface area contributed by atoms with Crippen LogP contribution in [0.25, 0.3) is 0 Å². The van der Waals surface area contributed by atoms with Crippen molar-refractivity contribution in [2.45, 2.75) is 76.9 Å². The summed E-state index contributed by atoms with van der Waals surface area (Å²) in [5.74, 6) is 5.45. The first-order valence-electron chi connectivity index (χ1n) is 10.6. The lowest BCUT2D eigenvalue weighted by Crippen LogP contribution is -2.52. The van der Waals surface area contributed by atoms with Crippen molar-refractivity contribution in [3.63, 3.8) is 0 Å². The molecule has 3 N–H and O–H groups in total. The van der Waals surface area contributed by atoms with Crippen LogP contribution in [0.5, 0.6) is 0 Å². The molecule has 0 heterocycles. The van der Waals surface area contributed by atoms with E-state index in [1.54, 1.807) is 0 Å². The topological polar surface area (TPSA) is 60.7 Å². The van der Waals surface area contributed by atoms with E-state index < -0.39 is 0 Å². The summed E-state index contributed by atoms with van der Waals surface area (Å²) < 4.78 is 0. The lowest BCUT2D eigenvalue weighted by Gasteiger charge is -2.54. The molecule has 4 aliphatic carbocycles. The van der Waals surface area contributed by atoms with Gasteiger partial charge in [-0.25, -0.2) is 0 Å². The molecule has 0 aromatic carbocycles. The van der Waals surface area contributed by atoms with Gasteiger partial charge in [0.2, 0.25) is 0 Å². The van der Waals surface area contributed by atoms with Crippen molar-refractivity contribution in [2.24, 2.45) is 47.3 Å². The zero-order valence-corrected chi connectivity index (χ0v) is 15.2. The Hall–Kier alpha value is -0.120. The van der Waals surface area contributed by atoms with Gasteiger partial charge in [0.1, 0.15) is 0 Å². The third-order valence-corrected chi connectivity index (χ3v) is 8.62. The van der Waals surface area contributed by atoms with Gasteiger partial charge in [0.25, 0.3) is 0 Å². The van der Waals surface area contributed by atoms with Crippen LogP contribution < -0.4 is 0 Å². The maximum absolute atomic E-state index is 11.0. The number of hydrogen-bond donors (Lipinski definition) is 3. The Morgan fingerprint density at radius 1 is 0.833 bits per heavy atom. The Morgan fingerprint density at radius 3 is 2.29 bits per heavy atom. The Labute approximate surface area is 146 Å². The van der Waals surface area contributed by atoms with E-state index in [4.69, 9.17) is 0 Å². The Balaban J connectivity index is 1.50. The largest absolute Gasteiger partial charge is 0.396 e. The summed E-state index contributed by atoms with van der Waals surface area (Å²) in [7, 11) is 0. The maximum Gasteiger partial charge on any atom is 0.0576 e. The SMILES string of the molecule is CC(CCO)C1CCC2C1CCC1C3CCC(O)CC3CC(O)C12. The summed E-state index contributed by atoms with van der Waals surface area (Å²) in [6.07, 6.45) is 9.93. The number of hydrogen-bond acceptors (Lipinski definition) is 3. The van der Waals surface area contributed by atoms with Crippen molar-refractivity contribution in [1.82, 2.24) is 0 Å². The Bertz CT molecular complexity index is 439. The fourth-order valence-corrected chi connectivity index (χ4v) is 7.69. The van der Waals surface area contributed by atoms with Gasteiger partial charge in [0.05, 0.1) is 12.2 Å². The summed E-state index contributed by atoms with van der Waals surface area (Å²) in [6, 6.07) is 0. The highest BCUT2D eigenvalue weighted by atomic mass is 16.3. The van der Waals surface area contributed by atoms with Gasteiger partial charge in [-0.05, 0) is 105 Å². The molecular weight excluding hydrogens is 300 g/mol. The monoisotopic (exact) mass is 336 g/mol. The van der Waals surface area contributed by atoms with E-state index in [0.717, 1.165) is 49.4 Å². The van der Waals surface area contributed by atoms with E-state index >= 15 is 0 Å². The van der Waals surface area contributed by atoms with Crippen LogP contribution in [0.15, 0.2) is 0 Å². The number of fused-ring (bicyclic) bond motifs is 5. The fraction of sp³-hybridized carbons (Fsp3) is 1.00. The predicted octanol–water partition coefficient (Wildman–Crippen LogP) is 3.22. The van der Waals surface area contributed by atoms with Crippen molar-refractivity contribution < 1.29 is 15.3 Å². The Morgan fingerprint density at radius 2 is 1.50 bits per heavy atom. The molecule has 3 nitrogen and oxygen atoms in total. The molecule has 0 amide bonds. The van der Waals surface area contributed by atoms with Crippen molar-refractivity contribution >= 4 is 0 Å². The van der Waals surface area contributed by atoms with Crippen LogP contribution >= 0.6 is 0 Å². The molecular formula is C21H36O3. The van der Waals surface area contributed by atoms with Crippen LogP contribution in [0.1, 0.15) is 64.7 Å². The van der Waals surface area contributed by atoms with Crippen LogP contribution in [-0.2, 0) is 0 Å². The molecule has 4 fully saturated rings. The maximum atomic E-state index is 11.0. The summed E-state index contributed by atoms with van der Waals surface area (Å²) in [4.78, 5) is 0. The number of aliphatic hydroxyl groups excluding tert-OH is 3. The Kier molecular flexibility index (Phi) is 4.96. The second kappa shape index (κ2) is 6.89. The molecule has 10 atom stereocenters. The average Bonchev–Trinajstić information content (AvgIpc) is 2.98. The molecule has 0 bridgehead atoms. The molecule has 0 aromatic rings. The van der Waals surface area contributed by atoms with Gasteiger partial charge >= 0.3 is 0 Å². The molecule has 0 radical (unpaired) electrons. The highest BCUT2D eigenvalue weighted by Crippen LogP contribution is 2.60. The molecule has 10 unspecified atom stereocenters. The minimum absolute atomic E-state index is 0.124. The smallest absolute Gasteiger partial charge is 0.0576 e. The van der Waals surface area contributed by atoms with Gasteiger partial charge in [-0.15, -0.1) is 0 Å². The van der Waals surface area contributed by atoms with Crippen LogP contribution in [0.3, 0.4) is 0 Å². The summed E-state index contributed by atoms with van der Waals surface area (Å²) >= 11 is 0. The minimum Gasteiger partial charge on any atom is -0.396 e. The minimum atomic E-state index is -0.138. The van der Waals surface area contributed by atoms with E-state index in [9.17, 15) is 15.3 Å². The third-order valence-electron chi connectivity index (χ3n) is 8.62. The summed E-state index contributed by atoms with van der Waals surface area (Å²) in [5.41, 5.74) is 0. The third kappa shape index (κ3) is 2.85. The molecule has 138 valence electrons. The lowest BCUT2D eigenvalue weighted by atomic mass is 9.52. The number of rotatable bonds is 3. The summed E-state index contributed by atoms with van der Waals surface area (Å²) in [5, 5.41) is 30.3. The predicted molar refractivity (Wildman–Crippen MR) is 94.2 cm³/mol. The van der Waals surface area contributed by atoms with Gasteiger partial charge < -0.3 is 15.3 Å². The van der Waals surface area contributed by atoms with Gasteiger partial charge in [0, 0.05) is 6.61 Å². The van der Waals surface area contributed by atoms with E-state index in [1.165, 1.54) is 32.1 Å². The zero-order chi connectivity index (χ0) is 16.8. The highest BCUT2D eigenvalue weighted by molar-refractivity contribution is 5.04. The van der Waals surface area contributed by atoms with Gasteiger partial charge in [-0.3, -0.25) is 0 Å². The van der Waals surface area contributed by atoms with Crippen LogP contribution in [-0.4, -0.2) is 34.1 Å². The summed E-state index contributed by atoms with van der Waals surface area (Å²) in [6.45, 7) is 2.64. The molecule has 4 saturated carbocycles. The quantitative estimate of drug-likeness (QED) is 0.741. The first kappa shape index (κ1) is 17.3. The van der Waals surface area contributed by atoms with Crippen molar-refractivity contribution in [1.29, 1.82) is 0 Å². The average molecular weight is 337 g/mol. The molecule has 0 aromatic heterocycles. The number of aliphatic hydroxyl groups is 3. The molecule has 4 aliphatic rings. The van der Waals surface area contributed by atoms with Crippen LogP contribution in [0.4, 0.5) is 0 Å². The van der Waals surface area contributed by atoms with Gasteiger partial charge in [0.15, 0.2) is 0 Å². The standard InChI is InChI=1S/C21H36O3/c1-12(8-9-22)15-4-6-19-17(15)5-7-18-16-3-2-14(23)10-13(16)11-20(24)21(18)19/h12-24H,2-11H2,1H3. The molecule has 3 heteroatoms. The highest BCUT2D eigenvalue weighted by Gasteiger charge is 2.55. The second-order valence-electron chi connectivity index (χ2n) is 9.57. The fourth-order valence-electron chi connectivity index (χ4n) is 7.69. The van der Waals surface area contributed by atoms with Crippen LogP contribution in [0.2, 0.25) is 0 Å². The van der Waals surface area contributed by atoms with Crippen molar-refractivity contribution in [3.05, 3.63) is 0 Å². The molecule has 0 spiro atoms. The van der Waals surface area contributed by atoms with E-state index in [1.807, 2.05) is 0 Å². The van der Waals surface area contributed by atoms with E-state index in [-0.39, 0.29) is 12.2 Å². The normalized spacial score (nSPS) is 52.2. The molecule has 4 rings (SSSR count). The lowest BCUT2D eigenvalue weighted by molar-refractivity contribution is -0.115. The molecule has 0 aliphatic heterocycles. The first-order valence-corrected chi connectivity index (χ1v) is 10.6. The van der Waals surface area contributed by atoms with Crippen molar-refractivity contribution in [3.8, 4) is 0 Å². The van der Waals surface area contributed by atoms with Crippen molar-refractivity contribution in [2.75, 3.05) is 6.61 Å². The molecule has 24 heavy (non-hydrogen) atoms. The van der Waals surface area contributed by atoms with Gasteiger partial charge in [-0.1, -0.05) is 6.92 Å². The molecule has 0 saturated heterocycles. The van der Waals surface area contributed by atoms with E-state index in [2.05, 4.69) is 6.92 Å². The zero-order valence-electron chi connectivity index (χ0n) is 15.2. The van der Waals surface area contributed by atoms with E-state index in [0.29, 0.717) is 30.3 Å². The van der Waals surface area contributed by atoms with Crippen LogP contribution in [0, 0.1) is 47.3 Å². The second-order valence-corrected chi connectivity index (χ2v) is 9.57. The first-order chi connectivity index (χ1) is 11.6. The van der Waals surface area contributed by atoms with Gasteiger partial charge in [-0.2, -0.15) is 0 Å².